The molecular weight excluding hydrogens is 261 g/mol. The monoisotopic (exact) mass is 277 g/mol. The highest BCUT2D eigenvalue weighted by molar-refractivity contribution is 5.95. The minimum atomic E-state index is -1.10. The van der Waals surface area contributed by atoms with E-state index in [0.29, 0.717) is 24.6 Å². The standard InChI is InChI=1S/C15H16FNO3/c1-10-6-7-17(9-10)15(20)12-4-2-11(8-13(12)16)3-5-14(18)19/h2-5,8,10H,6-7,9H2,1H3,(H,18,19). The van der Waals surface area contributed by atoms with E-state index >= 15 is 0 Å². The van der Waals surface area contributed by atoms with Crippen LogP contribution in [-0.2, 0) is 4.79 Å². The van der Waals surface area contributed by atoms with Gasteiger partial charge in [0.05, 0.1) is 5.56 Å². The molecule has 1 amide bonds. The van der Waals surface area contributed by atoms with Crippen molar-refractivity contribution in [2.45, 2.75) is 13.3 Å². The van der Waals surface area contributed by atoms with Crippen LogP contribution in [0.4, 0.5) is 4.39 Å². The van der Waals surface area contributed by atoms with E-state index in [1.165, 1.54) is 24.3 Å². The first kappa shape index (κ1) is 14.2. The maximum Gasteiger partial charge on any atom is 0.328 e. The summed E-state index contributed by atoms with van der Waals surface area (Å²) in [6.07, 6.45) is 3.16. The van der Waals surface area contributed by atoms with Crippen molar-refractivity contribution in [3.8, 4) is 0 Å². The Bertz CT molecular complexity index is 568. The molecule has 4 nitrogen and oxygen atoms in total. The highest BCUT2D eigenvalue weighted by Crippen LogP contribution is 2.20. The lowest BCUT2D eigenvalue weighted by Gasteiger charge is -2.16. The molecule has 0 aromatic heterocycles. The summed E-state index contributed by atoms with van der Waals surface area (Å²) in [4.78, 5) is 24.2. The van der Waals surface area contributed by atoms with E-state index in [1.807, 2.05) is 0 Å². The minimum absolute atomic E-state index is 0.0339. The first-order chi connectivity index (χ1) is 9.47. The fraction of sp³-hybridized carbons (Fsp3) is 0.333. The molecule has 1 fully saturated rings. The molecule has 1 N–H and O–H groups in total. The zero-order valence-electron chi connectivity index (χ0n) is 11.2. The highest BCUT2D eigenvalue weighted by Gasteiger charge is 2.25. The first-order valence-corrected chi connectivity index (χ1v) is 6.47. The molecule has 0 spiro atoms. The molecule has 5 heteroatoms. The van der Waals surface area contributed by atoms with Crippen LogP contribution < -0.4 is 0 Å². The van der Waals surface area contributed by atoms with Crippen LogP contribution in [0, 0.1) is 11.7 Å². The van der Waals surface area contributed by atoms with Gasteiger partial charge in [0.25, 0.3) is 5.91 Å². The van der Waals surface area contributed by atoms with Gasteiger partial charge in [-0.05, 0) is 36.1 Å². The molecule has 1 aromatic rings. The summed E-state index contributed by atoms with van der Waals surface area (Å²) in [5.74, 6) is -1.58. The number of benzene rings is 1. The number of nitrogens with zero attached hydrogens (tertiary/aromatic N) is 1. The van der Waals surface area contributed by atoms with Crippen molar-refractivity contribution in [2.24, 2.45) is 5.92 Å². The normalized spacial score (nSPS) is 18.7. The molecule has 1 aromatic carbocycles. The van der Waals surface area contributed by atoms with E-state index in [4.69, 9.17) is 5.11 Å². The summed E-state index contributed by atoms with van der Waals surface area (Å²) in [6.45, 7) is 3.36. The maximum absolute atomic E-state index is 13.9. The van der Waals surface area contributed by atoms with Crippen molar-refractivity contribution >= 4 is 18.0 Å². The van der Waals surface area contributed by atoms with Crippen molar-refractivity contribution in [2.75, 3.05) is 13.1 Å². The Hall–Kier alpha value is -2.17. The van der Waals surface area contributed by atoms with Crippen LogP contribution in [0.3, 0.4) is 0 Å². The molecule has 1 heterocycles. The van der Waals surface area contributed by atoms with Gasteiger partial charge in [-0.25, -0.2) is 9.18 Å². The summed E-state index contributed by atoms with van der Waals surface area (Å²) in [5, 5.41) is 8.51. The first-order valence-electron chi connectivity index (χ1n) is 6.47. The molecule has 20 heavy (non-hydrogen) atoms. The van der Waals surface area contributed by atoms with Crippen molar-refractivity contribution in [3.05, 3.63) is 41.2 Å². The number of carboxylic acids is 1. The summed E-state index contributed by atoms with van der Waals surface area (Å²) in [7, 11) is 0. The van der Waals surface area contributed by atoms with Gasteiger partial charge in [-0.1, -0.05) is 13.0 Å². The Morgan fingerprint density at radius 2 is 2.20 bits per heavy atom. The number of amides is 1. The molecule has 1 aliphatic rings. The predicted octanol–water partition coefficient (Wildman–Crippen LogP) is 2.41. The SMILES string of the molecule is CC1CCN(C(=O)c2ccc(C=CC(=O)O)cc2F)C1. The smallest absolute Gasteiger partial charge is 0.328 e. The third-order valence-electron chi connectivity index (χ3n) is 3.35. The Kier molecular flexibility index (Phi) is 4.17. The zero-order valence-corrected chi connectivity index (χ0v) is 11.2. The second kappa shape index (κ2) is 5.86. The molecule has 1 aliphatic heterocycles. The number of hydrogen-bond acceptors (Lipinski definition) is 2. The van der Waals surface area contributed by atoms with E-state index < -0.39 is 11.8 Å². The van der Waals surface area contributed by atoms with Gasteiger partial charge in [0.1, 0.15) is 5.82 Å². The second-order valence-corrected chi connectivity index (χ2v) is 5.06. The van der Waals surface area contributed by atoms with E-state index in [2.05, 4.69) is 6.92 Å². The van der Waals surface area contributed by atoms with Crippen LogP contribution in [0.1, 0.15) is 29.3 Å². The molecule has 1 atom stereocenters. The zero-order chi connectivity index (χ0) is 14.7. The van der Waals surface area contributed by atoms with Crippen LogP contribution >= 0.6 is 0 Å². The number of rotatable bonds is 3. The van der Waals surface area contributed by atoms with E-state index in [9.17, 15) is 14.0 Å². The average Bonchev–Trinajstić information content (AvgIpc) is 2.82. The van der Waals surface area contributed by atoms with Gasteiger partial charge < -0.3 is 10.0 Å². The fourth-order valence-electron chi connectivity index (χ4n) is 2.27. The number of carbonyl (C=O) groups is 2. The summed E-state index contributed by atoms with van der Waals surface area (Å²) < 4.78 is 13.9. The quantitative estimate of drug-likeness (QED) is 0.863. The predicted molar refractivity (Wildman–Crippen MR) is 72.8 cm³/mol. The van der Waals surface area contributed by atoms with Crippen molar-refractivity contribution < 1.29 is 19.1 Å². The van der Waals surface area contributed by atoms with Crippen molar-refractivity contribution in [1.29, 1.82) is 0 Å². The van der Waals surface area contributed by atoms with Crippen molar-refractivity contribution in [3.63, 3.8) is 0 Å². The van der Waals surface area contributed by atoms with Crippen LogP contribution in [0.25, 0.3) is 6.08 Å². The van der Waals surface area contributed by atoms with Gasteiger partial charge >= 0.3 is 5.97 Å². The van der Waals surface area contributed by atoms with Gasteiger partial charge in [0.15, 0.2) is 0 Å². The van der Waals surface area contributed by atoms with E-state index in [0.717, 1.165) is 12.5 Å². The third-order valence-corrected chi connectivity index (χ3v) is 3.35. The number of aliphatic carboxylic acids is 1. The number of hydrogen-bond donors (Lipinski definition) is 1. The number of carbonyl (C=O) groups excluding carboxylic acids is 1. The maximum atomic E-state index is 13.9. The highest BCUT2D eigenvalue weighted by atomic mass is 19.1. The molecule has 0 radical (unpaired) electrons. The van der Waals surface area contributed by atoms with Gasteiger partial charge in [0, 0.05) is 19.2 Å². The van der Waals surface area contributed by atoms with E-state index in [1.54, 1.807) is 4.90 Å². The Morgan fingerprint density at radius 1 is 1.45 bits per heavy atom. The second-order valence-electron chi connectivity index (χ2n) is 5.06. The lowest BCUT2D eigenvalue weighted by molar-refractivity contribution is -0.131. The van der Waals surface area contributed by atoms with Gasteiger partial charge in [-0.3, -0.25) is 4.79 Å². The molecular formula is C15H16FNO3. The molecule has 0 aliphatic carbocycles. The van der Waals surface area contributed by atoms with Crippen LogP contribution in [0.2, 0.25) is 0 Å². The third kappa shape index (κ3) is 3.23. The van der Waals surface area contributed by atoms with Crippen LogP contribution in [-0.4, -0.2) is 35.0 Å². The van der Waals surface area contributed by atoms with Crippen molar-refractivity contribution in [1.82, 2.24) is 4.90 Å². The minimum Gasteiger partial charge on any atom is -0.478 e. The average molecular weight is 277 g/mol. The number of carboxylic acid groups (broad SMARTS) is 1. The summed E-state index contributed by atoms with van der Waals surface area (Å²) in [6, 6.07) is 4.11. The molecule has 1 saturated heterocycles. The van der Waals surface area contributed by atoms with Gasteiger partial charge in [-0.2, -0.15) is 0 Å². The van der Waals surface area contributed by atoms with Gasteiger partial charge in [0.2, 0.25) is 0 Å². The van der Waals surface area contributed by atoms with Gasteiger partial charge in [-0.15, -0.1) is 0 Å². The number of halogens is 1. The Labute approximate surface area is 116 Å². The summed E-state index contributed by atoms with van der Waals surface area (Å²) in [5.41, 5.74) is 0.447. The fourth-order valence-corrected chi connectivity index (χ4v) is 2.27. The lowest BCUT2D eigenvalue weighted by Crippen LogP contribution is -2.29. The largest absolute Gasteiger partial charge is 0.478 e. The number of likely N-dealkylation sites (tertiary alicyclic amines) is 1. The molecule has 0 bridgehead atoms. The molecule has 1 unspecified atom stereocenters. The Morgan fingerprint density at radius 3 is 2.75 bits per heavy atom. The van der Waals surface area contributed by atoms with Crippen LogP contribution in [0.5, 0.6) is 0 Å². The topological polar surface area (TPSA) is 57.6 Å². The summed E-state index contributed by atoms with van der Waals surface area (Å²) >= 11 is 0. The van der Waals surface area contributed by atoms with Crippen LogP contribution in [0.15, 0.2) is 24.3 Å². The molecule has 0 saturated carbocycles. The molecule has 2 rings (SSSR count). The lowest BCUT2D eigenvalue weighted by atomic mass is 10.1. The molecule has 106 valence electrons. The van der Waals surface area contributed by atoms with E-state index in [-0.39, 0.29) is 11.5 Å². The Balaban J connectivity index is 2.17.